The summed E-state index contributed by atoms with van der Waals surface area (Å²) in [5.74, 6) is 0. The van der Waals surface area contributed by atoms with Crippen molar-refractivity contribution in [1.82, 2.24) is 9.21 Å². The van der Waals surface area contributed by atoms with Crippen LogP contribution in [-0.2, 0) is 11.3 Å². The summed E-state index contributed by atoms with van der Waals surface area (Å²) in [5, 5.41) is 0. The van der Waals surface area contributed by atoms with E-state index in [9.17, 15) is 8.76 Å². The largest absolute Gasteiger partial charge is 0.760 e. The highest BCUT2D eigenvalue weighted by Gasteiger charge is 2.21. The molecule has 0 aliphatic carbocycles. The molecule has 1 unspecified atom stereocenters. The lowest BCUT2D eigenvalue weighted by molar-refractivity contribution is 0.175. The molecule has 13 heavy (non-hydrogen) atoms. The van der Waals surface area contributed by atoms with E-state index in [2.05, 4.69) is 11.8 Å². The minimum absolute atomic E-state index is 0.209. The lowest BCUT2D eigenvalue weighted by Gasteiger charge is -2.36. The van der Waals surface area contributed by atoms with Gasteiger partial charge in [0.05, 0.1) is 0 Å². The number of hydrogen-bond acceptors (Lipinski definition) is 3. The highest BCUT2D eigenvalue weighted by atomic mass is 32.2. The highest BCUT2D eigenvalue weighted by Crippen LogP contribution is 2.15. The van der Waals surface area contributed by atoms with E-state index in [1.165, 1.54) is 4.31 Å². The molecule has 0 radical (unpaired) electrons. The van der Waals surface area contributed by atoms with Gasteiger partial charge in [0, 0.05) is 17.3 Å². The van der Waals surface area contributed by atoms with E-state index in [1.807, 2.05) is 0 Å². The van der Waals surface area contributed by atoms with Crippen molar-refractivity contribution in [1.29, 1.82) is 0 Å². The third-order valence-corrected chi connectivity index (χ3v) is 3.52. The fraction of sp³-hybridized carbons (Fsp3) is 1.00. The van der Waals surface area contributed by atoms with Crippen LogP contribution < -0.4 is 0 Å². The van der Waals surface area contributed by atoms with E-state index in [0.717, 1.165) is 32.5 Å². The maximum absolute atomic E-state index is 10.7. The van der Waals surface area contributed by atoms with Crippen LogP contribution in [0.1, 0.15) is 19.8 Å². The summed E-state index contributed by atoms with van der Waals surface area (Å²) in [6.07, 6.45) is 1.91. The first-order valence-electron chi connectivity index (χ1n) is 4.69. The molecule has 1 heterocycles. The Hall–Kier alpha value is 0.0300. The number of hydrogen-bond donors (Lipinski definition) is 0. The number of piperidine rings is 1. The molecule has 0 amide bonds. The fourth-order valence-corrected chi connectivity index (χ4v) is 2.18. The summed E-state index contributed by atoms with van der Waals surface area (Å²) < 4.78 is 22.8. The van der Waals surface area contributed by atoms with Gasteiger partial charge in [0.2, 0.25) is 0 Å². The standard InChI is InChI=1S/C8H18N2O2S/c1-3-10-6-4-8(5-7-10)9(2)13(11)12/h8H,3-7H2,1-2H3,(H,11,12)/p-1. The van der Waals surface area contributed by atoms with Crippen molar-refractivity contribution in [2.75, 3.05) is 26.7 Å². The molecule has 4 nitrogen and oxygen atoms in total. The minimum atomic E-state index is -2.06. The summed E-state index contributed by atoms with van der Waals surface area (Å²) in [5.41, 5.74) is 0. The van der Waals surface area contributed by atoms with Gasteiger partial charge >= 0.3 is 0 Å². The molecule has 0 spiro atoms. The molecule has 1 rings (SSSR count). The lowest BCUT2D eigenvalue weighted by Crippen LogP contribution is -2.43. The average molecular weight is 205 g/mol. The zero-order chi connectivity index (χ0) is 9.84. The maximum atomic E-state index is 10.7. The molecule has 0 N–H and O–H groups in total. The number of nitrogens with zero attached hydrogens (tertiary/aromatic N) is 2. The van der Waals surface area contributed by atoms with Crippen LogP contribution in [-0.4, -0.2) is 50.7 Å². The van der Waals surface area contributed by atoms with Crippen molar-refractivity contribution < 1.29 is 8.76 Å². The van der Waals surface area contributed by atoms with Crippen LogP contribution >= 0.6 is 0 Å². The van der Waals surface area contributed by atoms with E-state index >= 15 is 0 Å². The second-order valence-corrected chi connectivity index (χ2v) is 4.44. The SMILES string of the molecule is CCN1CCC(N(C)S(=O)[O-])CC1. The van der Waals surface area contributed by atoms with Crippen LogP contribution in [0.3, 0.4) is 0 Å². The minimum Gasteiger partial charge on any atom is -0.760 e. The number of rotatable bonds is 3. The highest BCUT2D eigenvalue weighted by molar-refractivity contribution is 7.76. The van der Waals surface area contributed by atoms with Gasteiger partial charge in [-0.1, -0.05) is 6.92 Å². The Balaban J connectivity index is 2.36. The Morgan fingerprint density at radius 1 is 1.54 bits per heavy atom. The zero-order valence-corrected chi connectivity index (χ0v) is 9.05. The van der Waals surface area contributed by atoms with E-state index in [-0.39, 0.29) is 6.04 Å². The van der Waals surface area contributed by atoms with E-state index in [1.54, 1.807) is 7.05 Å². The smallest absolute Gasteiger partial charge is 0.0236 e. The molecule has 5 heteroatoms. The number of likely N-dealkylation sites (tertiary alicyclic amines) is 1. The topological polar surface area (TPSA) is 46.6 Å². The Labute approximate surface area is 82.3 Å². The molecule has 0 aromatic heterocycles. The second-order valence-electron chi connectivity index (χ2n) is 3.43. The second kappa shape index (κ2) is 5.05. The van der Waals surface area contributed by atoms with Crippen LogP contribution in [0.4, 0.5) is 0 Å². The quantitative estimate of drug-likeness (QED) is 0.618. The summed E-state index contributed by atoms with van der Waals surface area (Å²) >= 11 is -2.06. The van der Waals surface area contributed by atoms with Gasteiger partial charge in [0.1, 0.15) is 0 Å². The first kappa shape index (κ1) is 11.1. The van der Waals surface area contributed by atoms with Crippen LogP contribution in [0.5, 0.6) is 0 Å². The first-order chi connectivity index (χ1) is 6.15. The zero-order valence-electron chi connectivity index (χ0n) is 8.23. The van der Waals surface area contributed by atoms with Gasteiger partial charge in [-0.3, -0.25) is 4.21 Å². The monoisotopic (exact) mass is 205 g/mol. The van der Waals surface area contributed by atoms with Gasteiger partial charge < -0.3 is 9.45 Å². The predicted octanol–water partition coefficient (Wildman–Crippen LogP) is 0.197. The predicted molar refractivity (Wildman–Crippen MR) is 51.8 cm³/mol. The van der Waals surface area contributed by atoms with Crippen molar-refractivity contribution in [3.05, 3.63) is 0 Å². The van der Waals surface area contributed by atoms with Gasteiger partial charge in [-0.05, 0) is 39.5 Å². The Kier molecular flexibility index (Phi) is 4.31. The molecular formula is C8H17N2O2S-. The molecule has 1 fully saturated rings. The van der Waals surface area contributed by atoms with Crippen LogP contribution in [0.15, 0.2) is 0 Å². The molecule has 1 atom stereocenters. The average Bonchev–Trinajstić information content (AvgIpc) is 2.17. The van der Waals surface area contributed by atoms with Gasteiger partial charge in [-0.15, -0.1) is 0 Å². The summed E-state index contributed by atoms with van der Waals surface area (Å²) in [6.45, 7) is 5.23. The molecule has 1 aliphatic rings. The van der Waals surface area contributed by atoms with Gasteiger partial charge in [0.25, 0.3) is 0 Å². The lowest BCUT2D eigenvalue weighted by atomic mass is 10.1. The summed E-state index contributed by atoms with van der Waals surface area (Å²) in [7, 11) is 1.65. The van der Waals surface area contributed by atoms with Crippen molar-refractivity contribution in [3.8, 4) is 0 Å². The molecule has 0 bridgehead atoms. The van der Waals surface area contributed by atoms with Crippen molar-refractivity contribution in [3.63, 3.8) is 0 Å². The van der Waals surface area contributed by atoms with Crippen LogP contribution in [0, 0.1) is 0 Å². The molecule has 1 aliphatic heterocycles. The molecule has 78 valence electrons. The Morgan fingerprint density at radius 3 is 2.46 bits per heavy atom. The van der Waals surface area contributed by atoms with E-state index in [4.69, 9.17) is 0 Å². The van der Waals surface area contributed by atoms with Crippen LogP contribution in [0.25, 0.3) is 0 Å². The third-order valence-electron chi connectivity index (χ3n) is 2.75. The van der Waals surface area contributed by atoms with Crippen molar-refractivity contribution in [2.24, 2.45) is 0 Å². The molecule has 0 saturated carbocycles. The first-order valence-corrected chi connectivity index (χ1v) is 5.73. The molecule has 1 saturated heterocycles. The summed E-state index contributed by atoms with van der Waals surface area (Å²) in [6, 6.07) is 0.209. The van der Waals surface area contributed by atoms with E-state index in [0.29, 0.717) is 0 Å². The van der Waals surface area contributed by atoms with Crippen molar-refractivity contribution >= 4 is 11.3 Å². The summed E-state index contributed by atoms with van der Waals surface area (Å²) in [4.78, 5) is 2.35. The fourth-order valence-electron chi connectivity index (χ4n) is 1.72. The molecule has 0 aromatic carbocycles. The Bertz CT molecular complexity index is 181. The van der Waals surface area contributed by atoms with Gasteiger partial charge in [-0.25, -0.2) is 4.31 Å². The van der Waals surface area contributed by atoms with Gasteiger partial charge in [-0.2, -0.15) is 0 Å². The molecule has 0 aromatic rings. The third kappa shape index (κ3) is 3.02. The van der Waals surface area contributed by atoms with Crippen LogP contribution in [0.2, 0.25) is 0 Å². The van der Waals surface area contributed by atoms with Gasteiger partial charge in [0.15, 0.2) is 0 Å². The molecular weight excluding hydrogens is 188 g/mol. The maximum Gasteiger partial charge on any atom is 0.0236 e. The Morgan fingerprint density at radius 2 is 2.08 bits per heavy atom. The van der Waals surface area contributed by atoms with E-state index < -0.39 is 11.3 Å². The normalized spacial score (nSPS) is 23.7. The van der Waals surface area contributed by atoms with Crippen molar-refractivity contribution in [2.45, 2.75) is 25.8 Å².